The molecule has 0 atom stereocenters. The second-order valence-corrected chi connectivity index (χ2v) is 7.24. The molecule has 4 aromatic heterocycles. The molecule has 5 rings (SSSR count). The average Bonchev–Trinajstić information content (AvgIpc) is 3.38. The lowest BCUT2D eigenvalue weighted by Crippen LogP contribution is -2.05. The molecule has 0 unspecified atom stereocenters. The van der Waals surface area contributed by atoms with E-state index in [4.69, 9.17) is 9.72 Å². The number of pyridine rings is 1. The number of aromatic nitrogens is 7. The Balaban J connectivity index is 1.46. The summed E-state index contributed by atoms with van der Waals surface area (Å²) in [6.07, 6.45) is 1.76. The minimum absolute atomic E-state index is 0.558. The van der Waals surface area contributed by atoms with E-state index in [1.807, 2.05) is 73.9 Å². The number of nitrogens with zero attached hydrogens (tertiary/aromatic N) is 7. The first-order valence-corrected chi connectivity index (χ1v) is 10.2. The number of aryl methyl sites for hydroxylation is 2. The Labute approximate surface area is 184 Å². The molecule has 0 fully saturated rings. The molecule has 5 aromatic rings. The van der Waals surface area contributed by atoms with E-state index in [9.17, 15) is 0 Å². The molecule has 32 heavy (non-hydrogen) atoms. The van der Waals surface area contributed by atoms with Crippen molar-refractivity contribution in [3.63, 3.8) is 0 Å². The topological polar surface area (TPSA) is 95.6 Å². The van der Waals surface area contributed by atoms with Gasteiger partial charge in [0.1, 0.15) is 12.1 Å². The number of hydrogen-bond donors (Lipinski definition) is 1. The van der Waals surface area contributed by atoms with Crippen molar-refractivity contribution in [3.05, 3.63) is 72.3 Å². The molecule has 0 aliphatic rings. The average molecular weight is 425 g/mol. The maximum Gasteiger partial charge on any atom is 0.233 e. The summed E-state index contributed by atoms with van der Waals surface area (Å²) in [6, 6.07) is 18.5. The molecule has 4 heterocycles. The lowest BCUT2D eigenvalue weighted by atomic mass is 10.2. The zero-order valence-electron chi connectivity index (χ0n) is 17.9. The third-order valence-corrected chi connectivity index (χ3v) is 4.89. The van der Waals surface area contributed by atoms with E-state index in [0.29, 0.717) is 24.1 Å². The maximum atomic E-state index is 5.51. The number of ether oxygens (including phenoxy) is 1. The lowest BCUT2D eigenvalue weighted by Gasteiger charge is -2.08. The fraction of sp³-hybridized carbons (Fsp3) is 0.174. The number of hydrogen-bond acceptors (Lipinski definition) is 7. The van der Waals surface area contributed by atoms with Gasteiger partial charge in [0.05, 0.1) is 23.3 Å². The van der Waals surface area contributed by atoms with Gasteiger partial charge in [0.25, 0.3) is 0 Å². The number of benzene rings is 1. The highest BCUT2D eigenvalue weighted by molar-refractivity contribution is 5.81. The lowest BCUT2D eigenvalue weighted by molar-refractivity contribution is 0.324. The SMILES string of the molecule is CCOc1cc(C)n(-c2[c]ccc(-n3cnc4cc(Nc5ccc(C)nn5)ccc43)n2)n1. The Kier molecular flexibility index (Phi) is 4.98. The Bertz CT molecular complexity index is 1390. The van der Waals surface area contributed by atoms with Gasteiger partial charge in [0.15, 0.2) is 11.6 Å². The van der Waals surface area contributed by atoms with Crippen LogP contribution in [0.1, 0.15) is 18.3 Å². The van der Waals surface area contributed by atoms with Crippen molar-refractivity contribution in [2.24, 2.45) is 0 Å². The van der Waals surface area contributed by atoms with Crippen LogP contribution >= 0.6 is 0 Å². The molecule has 0 aliphatic heterocycles. The molecule has 0 bridgehead atoms. The summed E-state index contributed by atoms with van der Waals surface area (Å²) in [5.74, 6) is 2.56. The van der Waals surface area contributed by atoms with Crippen molar-refractivity contribution in [1.82, 2.24) is 34.5 Å². The van der Waals surface area contributed by atoms with Crippen LogP contribution in [0.2, 0.25) is 0 Å². The van der Waals surface area contributed by atoms with E-state index in [1.165, 1.54) is 0 Å². The summed E-state index contributed by atoms with van der Waals surface area (Å²) in [7, 11) is 0. The van der Waals surface area contributed by atoms with E-state index in [-0.39, 0.29) is 0 Å². The van der Waals surface area contributed by atoms with Crippen LogP contribution in [0.4, 0.5) is 11.5 Å². The Morgan fingerprint density at radius 1 is 1.06 bits per heavy atom. The molecule has 0 saturated carbocycles. The predicted octanol–water partition coefficient (Wildman–Crippen LogP) is 3.96. The van der Waals surface area contributed by atoms with Gasteiger partial charge in [-0.2, -0.15) is 5.10 Å². The summed E-state index contributed by atoms with van der Waals surface area (Å²) >= 11 is 0. The normalized spacial score (nSPS) is 11.1. The second-order valence-electron chi connectivity index (χ2n) is 7.24. The van der Waals surface area contributed by atoms with Crippen LogP contribution in [0.15, 0.2) is 54.9 Å². The quantitative estimate of drug-likeness (QED) is 0.440. The Morgan fingerprint density at radius 2 is 1.97 bits per heavy atom. The molecule has 0 aliphatic carbocycles. The Hall–Kier alpha value is -4.27. The van der Waals surface area contributed by atoms with Gasteiger partial charge in [-0.25, -0.2) is 14.6 Å². The van der Waals surface area contributed by atoms with Crippen molar-refractivity contribution in [2.45, 2.75) is 20.8 Å². The van der Waals surface area contributed by atoms with Gasteiger partial charge in [-0.15, -0.1) is 10.2 Å². The van der Waals surface area contributed by atoms with Crippen molar-refractivity contribution >= 4 is 22.5 Å². The molecule has 9 nitrogen and oxygen atoms in total. The molecule has 0 spiro atoms. The molecular formula is C23H21N8O. The summed E-state index contributed by atoms with van der Waals surface area (Å²) in [4.78, 5) is 9.30. The minimum atomic E-state index is 0.558. The zero-order valence-corrected chi connectivity index (χ0v) is 17.9. The number of imidazole rings is 1. The van der Waals surface area contributed by atoms with Gasteiger partial charge in [-0.1, -0.05) is 0 Å². The van der Waals surface area contributed by atoms with Gasteiger partial charge in [0.2, 0.25) is 5.88 Å². The highest BCUT2D eigenvalue weighted by Gasteiger charge is 2.12. The maximum absolute atomic E-state index is 5.51. The van der Waals surface area contributed by atoms with E-state index in [2.05, 4.69) is 31.7 Å². The largest absolute Gasteiger partial charge is 0.477 e. The van der Waals surface area contributed by atoms with Crippen LogP contribution in [0.25, 0.3) is 22.7 Å². The third kappa shape index (κ3) is 3.76. The molecule has 159 valence electrons. The van der Waals surface area contributed by atoms with Crippen LogP contribution < -0.4 is 10.1 Å². The van der Waals surface area contributed by atoms with E-state index < -0.39 is 0 Å². The molecule has 1 aromatic carbocycles. The van der Waals surface area contributed by atoms with Gasteiger partial charge in [0, 0.05) is 23.5 Å². The highest BCUT2D eigenvalue weighted by Crippen LogP contribution is 2.23. The molecule has 1 N–H and O–H groups in total. The zero-order chi connectivity index (χ0) is 22.1. The van der Waals surface area contributed by atoms with Crippen LogP contribution in [-0.4, -0.2) is 41.1 Å². The van der Waals surface area contributed by atoms with Gasteiger partial charge in [-0.3, -0.25) is 4.57 Å². The monoisotopic (exact) mass is 425 g/mol. The summed E-state index contributed by atoms with van der Waals surface area (Å²) in [5.41, 5.74) is 4.44. The molecule has 9 heteroatoms. The van der Waals surface area contributed by atoms with Crippen molar-refractivity contribution < 1.29 is 4.74 Å². The first kappa shape index (κ1) is 19.7. The highest BCUT2D eigenvalue weighted by atomic mass is 16.5. The van der Waals surface area contributed by atoms with Crippen molar-refractivity contribution in [2.75, 3.05) is 11.9 Å². The predicted molar refractivity (Wildman–Crippen MR) is 121 cm³/mol. The Morgan fingerprint density at radius 3 is 2.78 bits per heavy atom. The van der Waals surface area contributed by atoms with Crippen molar-refractivity contribution in [1.29, 1.82) is 0 Å². The summed E-state index contributed by atoms with van der Waals surface area (Å²) in [5, 5.41) is 15.9. The standard InChI is InChI=1S/C23H21N8O/c1-4-32-23-12-16(3)31(29-23)22-7-5-6-21(26-22)30-14-24-18-13-17(9-10-19(18)30)25-20-11-8-15(2)27-28-20/h5-6,8-14H,4H2,1-3H3,(H,25,28). The van der Waals surface area contributed by atoms with Gasteiger partial charge in [-0.05, 0) is 63.2 Å². The van der Waals surface area contributed by atoms with E-state index >= 15 is 0 Å². The van der Waals surface area contributed by atoms with Gasteiger partial charge < -0.3 is 10.1 Å². The number of nitrogens with one attached hydrogen (secondary N) is 1. The first-order chi connectivity index (χ1) is 15.6. The summed E-state index contributed by atoms with van der Waals surface area (Å²) < 4.78 is 9.16. The number of fused-ring (bicyclic) bond motifs is 1. The smallest absolute Gasteiger partial charge is 0.233 e. The number of rotatable bonds is 6. The fourth-order valence-corrected chi connectivity index (χ4v) is 3.38. The number of anilines is 2. The molecule has 1 radical (unpaired) electrons. The van der Waals surface area contributed by atoms with Crippen molar-refractivity contribution in [3.8, 4) is 17.5 Å². The van der Waals surface area contributed by atoms with Crippen LogP contribution in [-0.2, 0) is 0 Å². The summed E-state index contributed by atoms with van der Waals surface area (Å²) in [6.45, 7) is 6.35. The molecule has 0 amide bonds. The third-order valence-electron chi connectivity index (χ3n) is 4.89. The van der Waals surface area contributed by atoms with E-state index in [0.717, 1.165) is 33.9 Å². The first-order valence-electron chi connectivity index (χ1n) is 10.2. The van der Waals surface area contributed by atoms with Crippen LogP contribution in [0, 0.1) is 19.9 Å². The second kappa shape index (κ2) is 8.10. The minimum Gasteiger partial charge on any atom is -0.477 e. The van der Waals surface area contributed by atoms with Crippen LogP contribution in [0.5, 0.6) is 5.88 Å². The van der Waals surface area contributed by atoms with Gasteiger partial charge >= 0.3 is 0 Å². The van der Waals surface area contributed by atoms with Crippen LogP contribution in [0.3, 0.4) is 0 Å². The molecular weight excluding hydrogens is 404 g/mol. The van der Waals surface area contributed by atoms with E-state index in [1.54, 1.807) is 11.0 Å². The molecule has 0 saturated heterocycles. The fourth-order valence-electron chi connectivity index (χ4n) is 3.38.